The lowest BCUT2D eigenvalue weighted by atomic mass is 9.98. The van der Waals surface area contributed by atoms with Gasteiger partial charge in [0.2, 0.25) is 11.7 Å². The van der Waals surface area contributed by atoms with Gasteiger partial charge in [0, 0.05) is 31.1 Å². The second-order valence-corrected chi connectivity index (χ2v) is 10.8. The van der Waals surface area contributed by atoms with Gasteiger partial charge in [-0.05, 0) is 54.5 Å². The Kier molecular flexibility index (Phi) is 5.78. The van der Waals surface area contributed by atoms with Gasteiger partial charge in [-0.1, -0.05) is 12.1 Å². The van der Waals surface area contributed by atoms with E-state index in [9.17, 15) is 23.8 Å². The molecule has 4 N–H and O–H groups in total. The standard InChI is InChI=1S/C29H25F2N7O3/c1-32-28(41)29-12-17(29)23(24(39)25(29)40)38-13-34-22-26(35-20-11-16(20)14-5-7-18(30)19(31)10-14)36-21(37-27(22)38)8-6-15-4-2-3-9-33-15/h2-5,7,9-10,13,16-17,20,23-25,39-40H,11-12H2,1H3,(H,32,41)(H,35,36,37)/t16?,17?,20?,23-,24+,25+,29?/m1/s1. The van der Waals surface area contributed by atoms with Crippen molar-refractivity contribution in [3.63, 3.8) is 0 Å². The number of aliphatic hydroxyl groups is 2. The predicted molar refractivity (Wildman–Crippen MR) is 142 cm³/mol. The molecule has 3 aromatic heterocycles. The number of fused-ring (bicyclic) bond motifs is 2. The van der Waals surface area contributed by atoms with Crippen LogP contribution in [0.5, 0.6) is 0 Å². The number of nitrogens with zero attached hydrogens (tertiary/aromatic N) is 5. The molecule has 12 heteroatoms. The van der Waals surface area contributed by atoms with Gasteiger partial charge in [-0.25, -0.2) is 28.7 Å². The number of halogens is 2. The highest BCUT2D eigenvalue weighted by atomic mass is 19.2. The first-order valence-corrected chi connectivity index (χ1v) is 13.3. The molecule has 41 heavy (non-hydrogen) atoms. The minimum absolute atomic E-state index is 0.0494. The zero-order chi connectivity index (χ0) is 28.5. The van der Waals surface area contributed by atoms with Crippen LogP contribution in [0.25, 0.3) is 11.2 Å². The van der Waals surface area contributed by atoms with Crippen LogP contribution in [0.15, 0.2) is 48.9 Å². The zero-order valence-electron chi connectivity index (χ0n) is 21.8. The molecule has 208 valence electrons. The van der Waals surface area contributed by atoms with Crippen molar-refractivity contribution in [3.05, 3.63) is 77.6 Å². The van der Waals surface area contributed by atoms with Crippen LogP contribution in [0, 0.1) is 34.8 Å². The summed E-state index contributed by atoms with van der Waals surface area (Å²) in [6.45, 7) is 0. The summed E-state index contributed by atoms with van der Waals surface area (Å²) in [7, 11) is 1.51. The van der Waals surface area contributed by atoms with Gasteiger partial charge in [0.15, 0.2) is 28.6 Å². The number of pyridine rings is 1. The van der Waals surface area contributed by atoms with Crippen LogP contribution < -0.4 is 10.6 Å². The molecule has 3 heterocycles. The highest BCUT2D eigenvalue weighted by Crippen LogP contribution is 2.67. The molecule has 0 spiro atoms. The smallest absolute Gasteiger partial charge is 0.229 e. The van der Waals surface area contributed by atoms with E-state index < -0.39 is 35.3 Å². The Bertz CT molecular complexity index is 1750. The lowest BCUT2D eigenvalue weighted by Gasteiger charge is -2.23. The van der Waals surface area contributed by atoms with E-state index in [1.54, 1.807) is 29.0 Å². The first-order valence-electron chi connectivity index (χ1n) is 13.3. The maximum atomic E-state index is 13.8. The zero-order valence-corrected chi connectivity index (χ0v) is 21.8. The molecule has 1 aromatic carbocycles. The predicted octanol–water partition coefficient (Wildman–Crippen LogP) is 1.90. The number of imidazole rings is 1. The van der Waals surface area contributed by atoms with Crippen molar-refractivity contribution < 1.29 is 23.8 Å². The summed E-state index contributed by atoms with van der Waals surface area (Å²) < 4.78 is 29.0. The van der Waals surface area contributed by atoms with Crippen molar-refractivity contribution in [2.75, 3.05) is 12.4 Å². The Labute approximate surface area is 232 Å². The number of carbonyl (C=O) groups is 1. The van der Waals surface area contributed by atoms with Gasteiger partial charge in [-0.2, -0.15) is 0 Å². The quantitative estimate of drug-likeness (QED) is 0.273. The largest absolute Gasteiger partial charge is 0.389 e. The third-order valence-electron chi connectivity index (χ3n) is 8.52. The molecule has 3 saturated carbocycles. The van der Waals surface area contributed by atoms with E-state index in [1.807, 2.05) is 6.07 Å². The molecule has 3 aliphatic carbocycles. The fraction of sp³-hybridized carbons (Fsp3) is 0.345. The van der Waals surface area contributed by atoms with Crippen LogP contribution in [0.2, 0.25) is 0 Å². The normalized spacial score (nSPS) is 29.4. The molecule has 3 fully saturated rings. The van der Waals surface area contributed by atoms with Crippen LogP contribution in [0.3, 0.4) is 0 Å². The molecule has 4 aromatic rings. The molecule has 0 bridgehead atoms. The Morgan fingerprint density at radius 1 is 1.12 bits per heavy atom. The average molecular weight is 558 g/mol. The van der Waals surface area contributed by atoms with E-state index >= 15 is 0 Å². The summed E-state index contributed by atoms with van der Waals surface area (Å²) in [5.41, 5.74) is 0.951. The molecular weight excluding hydrogens is 532 g/mol. The Balaban J connectivity index is 1.26. The third kappa shape index (κ3) is 4.03. The molecule has 4 unspecified atom stereocenters. The van der Waals surface area contributed by atoms with E-state index in [0.717, 1.165) is 6.07 Å². The van der Waals surface area contributed by atoms with Gasteiger partial charge >= 0.3 is 0 Å². The molecular formula is C29H25F2N7O3. The number of amides is 1. The summed E-state index contributed by atoms with van der Waals surface area (Å²) in [6.07, 6.45) is 1.81. The number of anilines is 1. The average Bonchev–Trinajstić information content (AvgIpc) is 3.86. The topological polar surface area (TPSA) is 138 Å². The highest BCUT2D eigenvalue weighted by Gasteiger charge is 2.75. The van der Waals surface area contributed by atoms with Gasteiger partial charge in [0.1, 0.15) is 11.8 Å². The van der Waals surface area contributed by atoms with Crippen molar-refractivity contribution in [1.82, 2.24) is 29.8 Å². The van der Waals surface area contributed by atoms with Gasteiger partial charge < -0.3 is 25.4 Å². The molecule has 7 rings (SSSR count). The number of nitrogens with one attached hydrogen (secondary N) is 2. The fourth-order valence-corrected chi connectivity index (χ4v) is 6.28. The minimum Gasteiger partial charge on any atom is -0.389 e. The van der Waals surface area contributed by atoms with Crippen LogP contribution in [0.1, 0.15) is 41.9 Å². The maximum Gasteiger partial charge on any atom is 0.229 e. The van der Waals surface area contributed by atoms with Gasteiger partial charge in [-0.3, -0.25) is 4.79 Å². The van der Waals surface area contributed by atoms with E-state index in [2.05, 4.69) is 42.4 Å². The summed E-state index contributed by atoms with van der Waals surface area (Å²) >= 11 is 0. The Morgan fingerprint density at radius 3 is 2.73 bits per heavy atom. The monoisotopic (exact) mass is 557 g/mol. The van der Waals surface area contributed by atoms with Crippen molar-refractivity contribution >= 4 is 22.9 Å². The van der Waals surface area contributed by atoms with Crippen LogP contribution in [0.4, 0.5) is 14.6 Å². The minimum atomic E-state index is -1.24. The van der Waals surface area contributed by atoms with Crippen LogP contribution in [-0.2, 0) is 4.79 Å². The molecule has 3 aliphatic rings. The second kappa shape index (κ2) is 9.29. The van der Waals surface area contributed by atoms with E-state index in [4.69, 9.17) is 0 Å². The SMILES string of the molecule is CNC(=O)C12CC1[C@@H](n1cnc3c(NC4CC4c4ccc(F)c(F)c4)nc(C#Cc4ccccn4)nc31)[C@H](O)[C@@H]2O. The number of hydrogen-bond acceptors (Lipinski definition) is 8. The molecule has 10 nitrogen and oxygen atoms in total. The van der Waals surface area contributed by atoms with E-state index in [1.165, 1.54) is 19.4 Å². The molecule has 0 radical (unpaired) electrons. The third-order valence-corrected chi connectivity index (χ3v) is 8.52. The van der Waals surface area contributed by atoms with Gasteiger partial charge in [-0.15, -0.1) is 0 Å². The lowest BCUT2D eigenvalue weighted by Crippen LogP contribution is -2.41. The second-order valence-electron chi connectivity index (χ2n) is 10.8. The lowest BCUT2D eigenvalue weighted by molar-refractivity contribution is -0.132. The number of aliphatic hydroxyl groups excluding tert-OH is 2. The number of hydrogen-bond donors (Lipinski definition) is 4. The van der Waals surface area contributed by atoms with E-state index in [-0.39, 0.29) is 29.6 Å². The molecule has 7 atom stereocenters. The van der Waals surface area contributed by atoms with Crippen molar-refractivity contribution in [2.45, 2.75) is 43.1 Å². The highest BCUT2D eigenvalue weighted by molar-refractivity contribution is 5.88. The Hall–Kier alpha value is -4.47. The molecule has 0 aliphatic heterocycles. The summed E-state index contributed by atoms with van der Waals surface area (Å²) in [6, 6.07) is 8.50. The number of aromatic nitrogens is 5. The number of carbonyl (C=O) groups excluding carboxylic acids is 1. The van der Waals surface area contributed by atoms with E-state index in [0.29, 0.717) is 41.1 Å². The van der Waals surface area contributed by atoms with Crippen molar-refractivity contribution in [2.24, 2.45) is 11.3 Å². The fourth-order valence-electron chi connectivity index (χ4n) is 6.28. The van der Waals surface area contributed by atoms with Crippen LogP contribution in [-0.4, -0.2) is 65.9 Å². The molecule has 1 amide bonds. The van der Waals surface area contributed by atoms with Crippen LogP contribution >= 0.6 is 0 Å². The first kappa shape index (κ1) is 25.5. The number of benzene rings is 1. The van der Waals surface area contributed by atoms with Gasteiger partial charge in [0.05, 0.1) is 23.9 Å². The summed E-state index contributed by atoms with van der Waals surface area (Å²) in [5, 5.41) is 27.8. The summed E-state index contributed by atoms with van der Waals surface area (Å²) in [4.78, 5) is 30.6. The maximum absolute atomic E-state index is 13.8. The van der Waals surface area contributed by atoms with Crippen molar-refractivity contribution in [3.8, 4) is 11.8 Å². The van der Waals surface area contributed by atoms with Crippen molar-refractivity contribution in [1.29, 1.82) is 0 Å². The first-order chi connectivity index (χ1) is 19.8. The number of rotatable bonds is 5. The summed E-state index contributed by atoms with van der Waals surface area (Å²) in [5.74, 6) is 4.02. The Morgan fingerprint density at radius 2 is 1.98 bits per heavy atom. The van der Waals surface area contributed by atoms with Gasteiger partial charge in [0.25, 0.3) is 0 Å². The molecule has 0 saturated heterocycles.